The highest BCUT2D eigenvalue weighted by atomic mass is 32.1. The van der Waals surface area contributed by atoms with Crippen LogP contribution in [0.25, 0.3) is 0 Å². The third-order valence-electron chi connectivity index (χ3n) is 4.89. The van der Waals surface area contributed by atoms with Gasteiger partial charge in [0.25, 0.3) is 0 Å². The molecule has 3 fully saturated rings. The number of nitrogens with one attached hydrogen (secondary N) is 2. The molecule has 3 aliphatic rings. The van der Waals surface area contributed by atoms with Gasteiger partial charge < -0.3 is 10.6 Å². The van der Waals surface area contributed by atoms with Crippen LogP contribution in [-0.4, -0.2) is 17.7 Å². The summed E-state index contributed by atoms with van der Waals surface area (Å²) in [6.45, 7) is 1.12. The normalized spacial score (nSPS) is 25.2. The summed E-state index contributed by atoms with van der Waals surface area (Å²) in [5.74, 6) is 2.95. The molecule has 3 rings (SSSR count). The van der Waals surface area contributed by atoms with E-state index in [0.717, 1.165) is 29.4 Å². The molecule has 3 saturated carbocycles. The van der Waals surface area contributed by atoms with E-state index >= 15 is 0 Å². The van der Waals surface area contributed by atoms with E-state index in [4.69, 9.17) is 12.2 Å². The van der Waals surface area contributed by atoms with Crippen molar-refractivity contribution in [2.45, 2.75) is 63.8 Å². The van der Waals surface area contributed by atoms with Crippen molar-refractivity contribution in [3.8, 4) is 0 Å². The van der Waals surface area contributed by atoms with E-state index in [1.54, 1.807) is 0 Å². The Morgan fingerprint density at radius 1 is 0.944 bits per heavy atom. The summed E-state index contributed by atoms with van der Waals surface area (Å²) < 4.78 is 0. The van der Waals surface area contributed by atoms with Crippen molar-refractivity contribution in [3.05, 3.63) is 0 Å². The highest BCUT2D eigenvalue weighted by molar-refractivity contribution is 7.80. The molecule has 0 unspecified atom stereocenters. The first kappa shape index (κ1) is 12.7. The van der Waals surface area contributed by atoms with Crippen LogP contribution in [0.5, 0.6) is 0 Å². The third-order valence-corrected chi connectivity index (χ3v) is 5.16. The first-order valence-corrected chi connectivity index (χ1v) is 8.28. The third kappa shape index (κ3) is 3.59. The molecular formula is C15H26N2S. The van der Waals surface area contributed by atoms with Crippen LogP contribution < -0.4 is 10.6 Å². The monoisotopic (exact) mass is 266 g/mol. The maximum atomic E-state index is 5.44. The van der Waals surface area contributed by atoms with Gasteiger partial charge in [0.1, 0.15) is 0 Å². The zero-order chi connectivity index (χ0) is 12.4. The second kappa shape index (κ2) is 5.77. The average Bonchev–Trinajstić information content (AvgIpc) is 3.25. The van der Waals surface area contributed by atoms with E-state index in [9.17, 15) is 0 Å². The van der Waals surface area contributed by atoms with Crippen LogP contribution in [0.15, 0.2) is 0 Å². The second-order valence-corrected chi connectivity index (χ2v) is 6.94. The van der Waals surface area contributed by atoms with Crippen molar-refractivity contribution < 1.29 is 0 Å². The maximum Gasteiger partial charge on any atom is 0.166 e. The van der Waals surface area contributed by atoms with Gasteiger partial charge in [0, 0.05) is 12.6 Å². The molecule has 0 heterocycles. The molecule has 0 spiro atoms. The summed E-state index contributed by atoms with van der Waals surface area (Å²) in [5, 5.41) is 7.92. The minimum absolute atomic E-state index is 0.638. The van der Waals surface area contributed by atoms with Gasteiger partial charge in [-0.05, 0) is 68.5 Å². The van der Waals surface area contributed by atoms with Gasteiger partial charge >= 0.3 is 0 Å². The van der Waals surface area contributed by atoms with Gasteiger partial charge in [-0.1, -0.05) is 19.3 Å². The largest absolute Gasteiger partial charge is 0.362 e. The molecule has 0 saturated heterocycles. The Kier molecular flexibility index (Phi) is 4.07. The van der Waals surface area contributed by atoms with Gasteiger partial charge in [-0.15, -0.1) is 0 Å². The number of hydrogen-bond donors (Lipinski definition) is 2. The molecular weight excluding hydrogens is 240 g/mol. The lowest BCUT2D eigenvalue weighted by Crippen LogP contribution is -2.44. The molecule has 2 nitrogen and oxygen atoms in total. The molecule has 3 heteroatoms. The van der Waals surface area contributed by atoms with Gasteiger partial charge in [-0.3, -0.25) is 0 Å². The maximum absolute atomic E-state index is 5.44. The molecule has 0 atom stereocenters. The fourth-order valence-corrected chi connectivity index (χ4v) is 3.71. The predicted octanol–water partition coefficient (Wildman–Crippen LogP) is 3.22. The van der Waals surface area contributed by atoms with Crippen LogP contribution in [-0.2, 0) is 0 Å². The van der Waals surface area contributed by atoms with Crippen molar-refractivity contribution in [3.63, 3.8) is 0 Å². The molecule has 0 aromatic heterocycles. The predicted molar refractivity (Wildman–Crippen MR) is 79.5 cm³/mol. The molecule has 18 heavy (non-hydrogen) atoms. The molecule has 0 radical (unpaired) electrons. The Morgan fingerprint density at radius 3 is 2.11 bits per heavy atom. The summed E-state index contributed by atoms with van der Waals surface area (Å²) in [7, 11) is 0. The van der Waals surface area contributed by atoms with Crippen LogP contribution in [0.2, 0.25) is 0 Å². The first-order chi connectivity index (χ1) is 8.83. The van der Waals surface area contributed by atoms with Crippen molar-refractivity contribution in [2.75, 3.05) is 6.54 Å². The molecule has 102 valence electrons. The Hall–Kier alpha value is -0.310. The zero-order valence-corrected chi connectivity index (χ0v) is 12.1. The summed E-state index contributed by atoms with van der Waals surface area (Å²) in [5.41, 5.74) is 0. The first-order valence-electron chi connectivity index (χ1n) is 7.87. The van der Waals surface area contributed by atoms with Crippen LogP contribution >= 0.6 is 12.2 Å². The van der Waals surface area contributed by atoms with Crippen molar-refractivity contribution in [1.82, 2.24) is 10.6 Å². The van der Waals surface area contributed by atoms with E-state index in [2.05, 4.69) is 10.6 Å². The lowest BCUT2D eigenvalue weighted by Gasteiger charge is -2.25. The van der Waals surface area contributed by atoms with E-state index in [1.165, 1.54) is 57.8 Å². The summed E-state index contributed by atoms with van der Waals surface area (Å²) in [6.07, 6.45) is 12.6. The fourth-order valence-electron chi connectivity index (χ4n) is 3.46. The Labute approximate surface area is 116 Å². The van der Waals surface area contributed by atoms with E-state index < -0.39 is 0 Å². The SMILES string of the molecule is S=C(NCC(C1CC1)C1CC1)NC1CCCCC1. The summed E-state index contributed by atoms with van der Waals surface area (Å²) in [4.78, 5) is 0. The molecule has 0 aromatic carbocycles. The zero-order valence-electron chi connectivity index (χ0n) is 11.3. The van der Waals surface area contributed by atoms with Crippen molar-refractivity contribution in [1.29, 1.82) is 0 Å². The highest BCUT2D eigenvalue weighted by Gasteiger charge is 2.41. The molecule has 0 bridgehead atoms. The highest BCUT2D eigenvalue weighted by Crippen LogP contribution is 2.48. The number of rotatable bonds is 5. The lowest BCUT2D eigenvalue weighted by atomic mass is 9.96. The Morgan fingerprint density at radius 2 is 1.56 bits per heavy atom. The van der Waals surface area contributed by atoms with Crippen LogP contribution in [0, 0.1) is 17.8 Å². The molecule has 3 aliphatic carbocycles. The average molecular weight is 266 g/mol. The standard InChI is InChI=1S/C15H26N2S/c18-15(17-13-4-2-1-3-5-13)16-10-14(11-6-7-11)12-8-9-12/h11-14H,1-10H2,(H2,16,17,18). The molecule has 0 amide bonds. The van der Waals surface area contributed by atoms with Gasteiger partial charge in [0.15, 0.2) is 5.11 Å². The quantitative estimate of drug-likeness (QED) is 0.747. The van der Waals surface area contributed by atoms with Gasteiger partial charge in [-0.2, -0.15) is 0 Å². The van der Waals surface area contributed by atoms with E-state index in [0.29, 0.717) is 6.04 Å². The minimum atomic E-state index is 0.638. The molecule has 2 N–H and O–H groups in total. The molecule has 0 aromatic rings. The van der Waals surface area contributed by atoms with E-state index in [1.807, 2.05) is 0 Å². The van der Waals surface area contributed by atoms with Crippen molar-refractivity contribution in [2.24, 2.45) is 17.8 Å². The Bertz CT molecular complexity index is 279. The second-order valence-electron chi connectivity index (χ2n) is 6.53. The van der Waals surface area contributed by atoms with E-state index in [-0.39, 0.29) is 0 Å². The Balaban J connectivity index is 1.37. The summed E-state index contributed by atoms with van der Waals surface area (Å²) >= 11 is 5.44. The topological polar surface area (TPSA) is 24.1 Å². The number of hydrogen-bond acceptors (Lipinski definition) is 1. The fraction of sp³-hybridized carbons (Fsp3) is 0.933. The van der Waals surface area contributed by atoms with Gasteiger partial charge in [0.05, 0.1) is 0 Å². The lowest BCUT2D eigenvalue weighted by molar-refractivity contribution is 0.391. The van der Waals surface area contributed by atoms with Crippen LogP contribution in [0.1, 0.15) is 57.8 Å². The molecule has 0 aliphatic heterocycles. The van der Waals surface area contributed by atoms with Crippen LogP contribution in [0.4, 0.5) is 0 Å². The van der Waals surface area contributed by atoms with Crippen molar-refractivity contribution >= 4 is 17.3 Å². The smallest absolute Gasteiger partial charge is 0.166 e. The van der Waals surface area contributed by atoms with Gasteiger partial charge in [-0.25, -0.2) is 0 Å². The van der Waals surface area contributed by atoms with Crippen LogP contribution in [0.3, 0.4) is 0 Å². The number of thiocarbonyl (C=S) groups is 1. The summed E-state index contributed by atoms with van der Waals surface area (Å²) in [6, 6.07) is 0.638. The minimum Gasteiger partial charge on any atom is -0.362 e. The van der Waals surface area contributed by atoms with Gasteiger partial charge in [0.2, 0.25) is 0 Å².